The lowest BCUT2D eigenvalue weighted by Gasteiger charge is -2.21. The van der Waals surface area contributed by atoms with E-state index in [1.165, 1.54) is 8.86 Å². The lowest BCUT2D eigenvalue weighted by atomic mass is 10.0. The Balaban J connectivity index is 2.03. The van der Waals surface area contributed by atoms with E-state index in [0.717, 1.165) is 37.9 Å². The van der Waals surface area contributed by atoms with Gasteiger partial charge in [-0.05, 0) is 11.8 Å². The fourth-order valence-electron chi connectivity index (χ4n) is 2.31. The highest BCUT2D eigenvalue weighted by Gasteiger charge is 2.48. The van der Waals surface area contributed by atoms with Crippen molar-refractivity contribution in [3.8, 4) is 0 Å². The minimum atomic E-state index is -0.175. The summed E-state index contributed by atoms with van der Waals surface area (Å²) in [6.07, 6.45) is 2.23. The van der Waals surface area contributed by atoms with Crippen LogP contribution in [0.3, 0.4) is 0 Å². The van der Waals surface area contributed by atoms with Crippen LogP contribution in [-0.4, -0.2) is 27.9 Å². The van der Waals surface area contributed by atoms with Crippen molar-refractivity contribution in [1.82, 2.24) is 0 Å². The smallest absolute Gasteiger partial charge is 0.169 e. The van der Waals surface area contributed by atoms with Gasteiger partial charge in [-0.2, -0.15) is 0 Å². The predicted molar refractivity (Wildman–Crippen MR) is 68.6 cm³/mol. The van der Waals surface area contributed by atoms with E-state index in [4.69, 9.17) is 9.47 Å². The van der Waals surface area contributed by atoms with Crippen LogP contribution >= 0.6 is 45.2 Å². The first kappa shape index (κ1) is 10.9. The van der Waals surface area contributed by atoms with Gasteiger partial charge >= 0.3 is 0 Å². The molecule has 2 fully saturated rings. The summed E-state index contributed by atoms with van der Waals surface area (Å²) < 4.78 is 13.9. The van der Waals surface area contributed by atoms with E-state index in [1.54, 1.807) is 0 Å². The first-order chi connectivity index (χ1) is 6.29. The maximum atomic E-state index is 5.74. The van der Waals surface area contributed by atoms with Crippen LogP contribution in [0, 0.1) is 11.8 Å². The van der Waals surface area contributed by atoms with Crippen molar-refractivity contribution in [3.05, 3.63) is 0 Å². The molecule has 1 aliphatic carbocycles. The summed E-state index contributed by atoms with van der Waals surface area (Å²) in [6.45, 7) is 1.59. The van der Waals surface area contributed by atoms with Gasteiger partial charge in [0.2, 0.25) is 0 Å². The van der Waals surface area contributed by atoms with Crippen LogP contribution in [0.1, 0.15) is 12.8 Å². The van der Waals surface area contributed by atoms with Gasteiger partial charge in [0.25, 0.3) is 0 Å². The highest BCUT2D eigenvalue weighted by molar-refractivity contribution is 14.1. The van der Waals surface area contributed by atoms with Crippen molar-refractivity contribution in [2.45, 2.75) is 18.6 Å². The largest absolute Gasteiger partial charge is 0.348 e. The molecule has 1 saturated carbocycles. The fraction of sp³-hybridized carbons (Fsp3) is 1.00. The van der Waals surface area contributed by atoms with Crippen LogP contribution in [0.4, 0.5) is 0 Å². The van der Waals surface area contributed by atoms with Gasteiger partial charge in [0.05, 0.1) is 13.2 Å². The minimum absolute atomic E-state index is 0.175. The van der Waals surface area contributed by atoms with E-state index in [9.17, 15) is 0 Å². The number of halogens is 2. The summed E-state index contributed by atoms with van der Waals surface area (Å²) in [5, 5.41) is 0. The van der Waals surface area contributed by atoms with Gasteiger partial charge in [0.15, 0.2) is 5.79 Å². The quantitative estimate of drug-likeness (QED) is 0.517. The predicted octanol–water partition coefficient (Wildman–Crippen LogP) is 2.63. The van der Waals surface area contributed by atoms with Crippen molar-refractivity contribution >= 4 is 45.2 Å². The molecule has 2 atom stereocenters. The molecular formula is C9H14I2O2. The first-order valence-electron chi connectivity index (χ1n) is 4.69. The Morgan fingerprint density at radius 1 is 1.00 bits per heavy atom. The van der Waals surface area contributed by atoms with Crippen molar-refractivity contribution in [2.75, 3.05) is 22.1 Å². The number of alkyl halides is 2. The third kappa shape index (κ3) is 2.15. The molecule has 1 spiro atoms. The summed E-state index contributed by atoms with van der Waals surface area (Å²) in [6, 6.07) is 0. The molecule has 0 aromatic carbocycles. The van der Waals surface area contributed by atoms with E-state index in [0.29, 0.717) is 0 Å². The number of ether oxygens (including phenoxy) is 2. The molecule has 1 saturated heterocycles. The molecular weight excluding hydrogens is 394 g/mol. The third-order valence-corrected chi connectivity index (χ3v) is 5.29. The van der Waals surface area contributed by atoms with Crippen LogP contribution in [0.15, 0.2) is 0 Å². The topological polar surface area (TPSA) is 18.5 Å². The highest BCUT2D eigenvalue weighted by atomic mass is 127. The lowest BCUT2D eigenvalue weighted by molar-refractivity contribution is -0.153. The summed E-state index contributed by atoms with van der Waals surface area (Å²) in [5.41, 5.74) is 0. The zero-order valence-corrected chi connectivity index (χ0v) is 11.8. The molecule has 1 heterocycles. The molecule has 13 heavy (non-hydrogen) atoms. The van der Waals surface area contributed by atoms with Crippen LogP contribution in [0.5, 0.6) is 0 Å². The molecule has 2 rings (SSSR count). The second-order valence-corrected chi connectivity index (χ2v) is 5.61. The second-order valence-electron chi connectivity index (χ2n) is 3.84. The maximum absolute atomic E-state index is 5.74. The van der Waals surface area contributed by atoms with Crippen molar-refractivity contribution in [3.63, 3.8) is 0 Å². The Labute approximate surface area is 106 Å². The Kier molecular flexibility index (Phi) is 3.76. The van der Waals surface area contributed by atoms with Gasteiger partial charge < -0.3 is 9.47 Å². The fourth-order valence-corrected chi connectivity index (χ4v) is 4.37. The zero-order chi connectivity index (χ0) is 9.31. The second kappa shape index (κ2) is 4.49. The van der Waals surface area contributed by atoms with Crippen LogP contribution in [-0.2, 0) is 9.47 Å². The summed E-state index contributed by atoms with van der Waals surface area (Å²) in [7, 11) is 0. The van der Waals surface area contributed by atoms with Crippen molar-refractivity contribution in [1.29, 1.82) is 0 Å². The van der Waals surface area contributed by atoms with Crippen LogP contribution in [0.25, 0.3) is 0 Å². The Hall–Kier alpha value is 1.38. The molecule has 0 amide bonds. The maximum Gasteiger partial charge on any atom is 0.169 e. The monoisotopic (exact) mass is 408 g/mol. The molecule has 0 N–H and O–H groups in total. The Morgan fingerprint density at radius 2 is 1.46 bits per heavy atom. The first-order valence-corrected chi connectivity index (χ1v) is 7.74. The van der Waals surface area contributed by atoms with E-state index in [1.807, 2.05) is 0 Å². The molecule has 2 unspecified atom stereocenters. The Morgan fingerprint density at radius 3 is 1.85 bits per heavy atom. The van der Waals surface area contributed by atoms with Gasteiger partial charge in [-0.15, -0.1) is 0 Å². The average molecular weight is 408 g/mol. The average Bonchev–Trinajstić information content (AvgIpc) is 2.74. The van der Waals surface area contributed by atoms with E-state index in [-0.39, 0.29) is 5.79 Å². The number of hydrogen-bond donors (Lipinski definition) is 0. The van der Waals surface area contributed by atoms with Crippen molar-refractivity contribution < 1.29 is 9.47 Å². The molecule has 0 aromatic rings. The molecule has 1 aliphatic heterocycles. The summed E-state index contributed by atoms with van der Waals surface area (Å²) >= 11 is 4.97. The summed E-state index contributed by atoms with van der Waals surface area (Å²) in [4.78, 5) is 0. The Bertz CT molecular complexity index is 166. The number of rotatable bonds is 2. The lowest BCUT2D eigenvalue weighted by Crippen LogP contribution is -2.26. The van der Waals surface area contributed by atoms with Crippen molar-refractivity contribution in [2.24, 2.45) is 11.8 Å². The molecule has 4 heteroatoms. The van der Waals surface area contributed by atoms with Crippen LogP contribution in [0.2, 0.25) is 0 Å². The minimum Gasteiger partial charge on any atom is -0.348 e. The van der Waals surface area contributed by atoms with E-state index in [2.05, 4.69) is 45.2 Å². The van der Waals surface area contributed by atoms with Gasteiger partial charge in [-0.3, -0.25) is 0 Å². The highest BCUT2D eigenvalue weighted by Crippen LogP contribution is 2.45. The zero-order valence-electron chi connectivity index (χ0n) is 7.47. The van der Waals surface area contributed by atoms with Gasteiger partial charge in [-0.25, -0.2) is 0 Å². The molecule has 76 valence electrons. The van der Waals surface area contributed by atoms with Gasteiger partial charge in [0, 0.05) is 21.7 Å². The summed E-state index contributed by atoms with van der Waals surface area (Å²) in [5.74, 6) is 1.43. The number of hydrogen-bond acceptors (Lipinski definition) is 2. The molecule has 0 aromatic heterocycles. The van der Waals surface area contributed by atoms with E-state index >= 15 is 0 Å². The normalized spacial score (nSPS) is 37.4. The van der Waals surface area contributed by atoms with E-state index < -0.39 is 0 Å². The molecule has 0 bridgehead atoms. The molecule has 2 aliphatic rings. The van der Waals surface area contributed by atoms with Gasteiger partial charge in [0.1, 0.15) is 0 Å². The molecule has 2 nitrogen and oxygen atoms in total. The van der Waals surface area contributed by atoms with Crippen LogP contribution < -0.4 is 0 Å². The van der Waals surface area contributed by atoms with Gasteiger partial charge in [-0.1, -0.05) is 45.2 Å². The standard InChI is InChI=1S/C9H14I2O2/c10-5-7-3-9(4-8(7)6-11)12-1-2-13-9/h7-8H,1-6H2. The third-order valence-electron chi connectivity index (χ3n) is 3.02. The SMILES string of the molecule is ICC1CC2(CC1CI)OCCO2. The molecule has 0 radical (unpaired) electrons.